The van der Waals surface area contributed by atoms with Crippen molar-refractivity contribution in [2.24, 2.45) is 17.8 Å². The zero-order valence-electron chi connectivity index (χ0n) is 13.3. The average Bonchev–Trinajstić information content (AvgIpc) is 3.23. The van der Waals surface area contributed by atoms with Crippen molar-refractivity contribution in [3.63, 3.8) is 0 Å². The molecule has 3 aliphatic rings. The molecule has 2 aliphatic heterocycles. The van der Waals surface area contributed by atoms with Crippen molar-refractivity contribution in [3.05, 3.63) is 35.4 Å². The van der Waals surface area contributed by atoms with Gasteiger partial charge in [0.05, 0.1) is 0 Å². The molecule has 3 atom stereocenters. The molecule has 1 aromatic carbocycles. The highest BCUT2D eigenvalue weighted by molar-refractivity contribution is 5.94. The van der Waals surface area contributed by atoms with Crippen molar-refractivity contribution in [2.45, 2.75) is 32.1 Å². The number of benzene rings is 1. The zero-order chi connectivity index (χ0) is 14.9. The fourth-order valence-corrected chi connectivity index (χ4v) is 4.64. The highest BCUT2D eigenvalue weighted by Gasteiger charge is 2.38. The Labute approximate surface area is 133 Å². The predicted molar refractivity (Wildman–Crippen MR) is 87.9 cm³/mol. The summed E-state index contributed by atoms with van der Waals surface area (Å²) >= 11 is 0. The Bertz CT molecular complexity index is 538. The molecule has 0 radical (unpaired) electrons. The zero-order valence-corrected chi connectivity index (χ0v) is 13.3. The molecule has 3 fully saturated rings. The third kappa shape index (κ3) is 2.79. The number of nitrogens with zero attached hydrogens (tertiary/aromatic N) is 1. The fourth-order valence-electron chi connectivity index (χ4n) is 4.64. The van der Waals surface area contributed by atoms with Gasteiger partial charge in [-0.1, -0.05) is 18.6 Å². The second-order valence-corrected chi connectivity index (χ2v) is 7.42. The molecule has 0 bridgehead atoms. The van der Waals surface area contributed by atoms with Crippen molar-refractivity contribution in [1.82, 2.24) is 10.2 Å². The molecule has 1 N–H and O–H groups in total. The summed E-state index contributed by atoms with van der Waals surface area (Å²) in [6, 6.07) is 8.36. The molecule has 2 heterocycles. The van der Waals surface area contributed by atoms with Crippen molar-refractivity contribution in [3.8, 4) is 0 Å². The average molecular weight is 298 g/mol. The van der Waals surface area contributed by atoms with Gasteiger partial charge in [-0.2, -0.15) is 0 Å². The Kier molecular flexibility index (Phi) is 3.91. The number of rotatable bonds is 3. The molecular weight excluding hydrogens is 272 g/mol. The number of fused-ring (bicyclic) bond motifs is 1. The minimum Gasteiger partial charge on any atom is -0.338 e. The summed E-state index contributed by atoms with van der Waals surface area (Å²) < 4.78 is 0. The Morgan fingerprint density at radius 3 is 2.73 bits per heavy atom. The van der Waals surface area contributed by atoms with Gasteiger partial charge in [0.15, 0.2) is 0 Å². The lowest BCUT2D eigenvalue weighted by atomic mass is 9.97. The van der Waals surface area contributed by atoms with Crippen LogP contribution in [-0.2, 0) is 6.42 Å². The third-order valence-corrected chi connectivity index (χ3v) is 5.87. The molecule has 1 aliphatic carbocycles. The molecule has 0 aromatic heterocycles. The number of likely N-dealkylation sites (tertiary alicyclic amines) is 1. The maximum atomic E-state index is 12.8. The van der Waals surface area contributed by atoms with E-state index in [4.69, 9.17) is 0 Å². The third-order valence-electron chi connectivity index (χ3n) is 5.87. The molecule has 4 rings (SSSR count). The van der Waals surface area contributed by atoms with Gasteiger partial charge >= 0.3 is 0 Å². The lowest BCUT2D eigenvalue weighted by molar-refractivity contribution is 0.0780. The Balaban J connectivity index is 1.44. The van der Waals surface area contributed by atoms with E-state index in [0.29, 0.717) is 0 Å². The number of hydrogen-bond acceptors (Lipinski definition) is 2. The molecule has 3 heteroatoms. The minimum absolute atomic E-state index is 0.251. The molecule has 1 saturated carbocycles. The Hall–Kier alpha value is -1.35. The van der Waals surface area contributed by atoms with Crippen LogP contribution in [-0.4, -0.2) is 37.0 Å². The molecule has 2 saturated heterocycles. The van der Waals surface area contributed by atoms with E-state index in [2.05, 4.69) is 28.4 Å². The van der Waals surface area contributed by atoms with Crippen LogP contribution in [0.3, 0.4) is 0 Å². The van der Waals surface area contributed by atoms with E-state index in [1.54, 1.807) is 0 Å². The van der Waals surface area contributed by atoms with E-state index in [1.807, 2.05) is 6.07 Å². The molecule has 118 valence electrons. The summed E-state index contributed by atoms with van der Waals surface area (Å²) in [5.74, 6) is 2.53. The number of carbonyl (C=O) groups excluding carboxylic acids is 1. The first-order valence-corrected chi connectivity index (χ1v) is 8.88. The minimum atomic E-state index is 0.251. The number of carbonyl (C=O) groups is 1. The summed E-state index contributed by atoms with van der Waals surface area (Å²) in [5.41, 5.74) is 2.21. The normalized spacial score (nSPS) is 30.7. The molecule has 1 amide bonds. The topological polar surface area (TPSA) is 32.3 Å². The van der Waals surface area contributed by atoms with E-state index >= 15 is 0 Å². The van der Waals surface area contributed by atoms with Gasteiger partial charge in [-0.15, -0.1) is 0 Å². The summed E-state index contributed by atoms with van der Waals surface area (Å²) in [5, 5.41) is 3.42. The van der Waals surface area contributed by atoms with Crippen LogP contribution in [0, 0.1) is 17.8 Å². The van der Waals surface area contributed by atoms with Crippen molar-refractivity contribution >= 4 is 5.91 Å². The van der Waals surface area contributed by atoms with Crippen LogP contribution in [0.2, 0.25) is 0 Å². The lowest BCUT2D eigenvalue weighted by Gasteiger charge is -2.18. The van der Waals surface area contributed by atoms with Crippen molar-refractivity contribution in [1.29, 1.82) is 0 Å². The molecule has 22 heavy (non-hydrogen) atoms. The van der Waals surface area contributed by atoms with Crippen LogP contribution in [0.5, 0.6) is 0 Å². The number of amides is 1. The second-order valence-electron chi connectivity index (χ2n) is 7.42. The maximum absolute atomic E-state index is 12.8. The van der Waals surface area contributed by atoms with Crippen LogP contribution in [0.4, 0.5) is 0 Å². The van der Waals surface area contributed by atoms with E-state index in [9.17, 15) is 4.79 Å². The predicted octanol–water partition coefficient (Wildman–Crippen LogP) is 2.71. The van der Waals surface area contributed by atoms with Crippen LogP contribution in [0.15, 0.2) is 24.3 Å². The first-order chi connectivity index (χ1) is 10.8. The van der Waals surface area contributed by atoms with E-state index < -0.39 is 0 Å². The van der Waals surface area contributed by atoms with Gasteiger partial charge < -0.3 is 10.2 Å². The Morgan fingerprint density at radius 1 is 1.18 bits per heavy atom. The first-order valence-electron chi connectivity index (χ1n) is 8.88. The van der Waals surface area contributed by atoms with Gasteiger partial charge in [-0.25, -0.2) is 0 Å². The fraction of sp³-hybridized carbons (Fsp3) is 0.632. The van der Waals surface area contributed by atoms with Gasteiger partial charge in [-0.3, -0.25) is 4.79 Å². The quantitative estimate of drug-likeness (QED) is 0.930. The summed E-state index contributed by atoms with van der Waals surface area (Å²) in [4.78, 5) is 14.9. The number of hydrogen-bond donors (Lipinski definition) is 1. The van der Waals surface area contributed by atoms with Gasteiger partial charge in [0.2, 0.25) is 0 Å². The van der Waals surface area contributed by atoms with Gasteiger partial charge in [-0.05, 0) is 74.2 Å². The SMILES string of the molecule is O=C(c1cccc(CC2CCNC2)c1)N1C[C@H]2CCC[C@H]2C1. The lowest BCUT2D eigenvalue weighted by Crippen LogP contribution is -2.29. The van der Waals surface area contributed by atoms with Crippen LogP contribution < -0.4 is 5.32 Å². The van der Waals surface area contributed by atoms with Gasteiger partial charge in [0.1, 0.15) is 0 Å². The van der Waals surface area contributed by atoms with Gasteiger partial charge in [0.25, 0.3) is 5.91 Å². The van der Waals surface area contributed by atoms with Crippen molar-refractivity contribution in [2.75, 3.05) is 26.2 Å². The number of nitrogens with one attached hydrogen (secondary N) is 1. The van der Waals surface area contributed by atoms with Crippen LogP contribution >= 0.6 is 0 Å². The monoisotopic (exact) mass is 298 g/mol. The summed E-state index contributed by atoms with van der Waals surface area (Å²) in [6.07, 6.45) is 6.36. The largest absolute Gasteiger partial charge is 0.338 e. The van der Waals surface area contributed by atoms with Gasteiger partial charge in [0, 0.05) is 18.7 Å². The summed E-state index contributed by atoms with van der Waals surface area (Å²) in [6.45, 7) is 4.23. The maximum Gasteiger partial charge on any atom is 0.253 e. The molecule has 1 aromatic rings. The van der Waals surface area contributed by atoms with Crippen molar-refractivity contribution < 1.29 is 4.79 Å². The van der Waals surface area contributed by atoms with E-state index in [0.717, 1.165) is 55.9 Å². The highest BCUT2D eigenvalue weighted by atomic mass is 16.2. The Morgan fingerprint density at radius 2 is 2.00 bits per heavy atom. The summed E-state index contributed by atoms with van der Waals surface area (Å²) in [7, 11) is 0. The molecule has 3 nitrogen and oxygen atoms in total. The van der Waals surface area contributed by atoms with Crippen LogP contribution in [0.1, 0.15) is 41.6 Å². The first kappa shape index (κ1) is 14.3. The van der Waals surface area contributed by atoms with E-state index in [1.165, 1.54) is 31.2 Å². The highest BCUT2D eigenvalue weighted by Crippen LogP contribution is 2.38. The smallest absolute Gasteiger partial charge is 0.253 e. The molecule has 0 spiro atoms. The molecule has 1 unspecified atom stereocenters. The molecular formula is C19H26N2O. The standard InChI is InChI=1S/C19H26N2O/c22-19(21-12-17-5-2-6-18(17)13-21)16-4-1-3-14(10-16)9-15-7-8-20-11-15/h1,3-4,10,15,17-18,20H,2,5-9,11-13H2/t15?,17-,18+. The second kappa shape index (κ2) is 6.04. The van der Waals surface area contributed by atoms with Crippen LogP contribution in [0.25, 0.3) is 0 Å². The van der Waals surface area contributed by atoms with E-state index in [-0.39, 0.29) is 5.91 Å².